The molecule has 1 unspecified atom stereocenters. The molecule has 4 heteroatoms. The van der Waals surface area contributed by atoms with E-state index in [0.29, 0.717) is 18.6 Å². The summed E-state index contributed by atoms with van der Waals surface area (Å²) in [5.74, 6) is 0.142. The van der Waals surface area contributed by atoms with Crippen LogP contribution in [-0.2, 0) is 11.2 Å². The van der Waals surface area contributed by atoms with Crippen molar-refractivity contribution in [2.75, 3.05) is 19.7 Å². The van der Waals surface area contributed by atoms with E-state index in [2.05, 4.69) is 34.5 Å². The average Bonchev–Trinajstić information content (AvgIpc) is 3.11. The lowest BCUT2D eigenvalue weighted by atomic mass is 9.86. The van der Waals surface area contributed by atoms with Crippen molar-refractivity contribution in [1.29, 1.82) is 0 Å². The van der Waals surface area contributed by atoms with E-state index in [4.69, 9.17) is 0 Å². The fourth-order valence-electron chi connectivity index (χ4n) is 4.25. The van der Waals surface area contributed by atoms with Gasteiger partial charge in [0.05, 0.1) is 6.54 Å². The number of rotatable bonds is 7. The molecule has 1 aromatic carbocycles. The number of aliphatic hydroxyl groups is 1. The molecule has 1 amide bonds. The van der Waals surface area contributed by atoms with E-state index in [9.17, 15) is 9.90 Å². The number of carbonyl (C=O) groups excluding carboxylic acids is 1. The van der Waals surface area contributed by atoms with Crippen molar-refractivity contribution >= 4 is 5.91 Å². The molecule has 0 aliphatic heterocycles. The van der Waals surface area contributed by atoms with Crippen molar-refractivity contribution in [3.8, 4) is 0 Å². The highest BCUT2D eigenvalue weighted by atomic mass is 16.3. The van der Waals surface area contributed by atoms with E-state index in [1.165, 1.54) is 30.4 Å². The first-order chi connectivity index (χ1) is 11.8. The van der Waals surface area contributed by atoms with Crippen molar-refractivity contribution in [1.82, 2.24) is 10.2 Å². The van der Waals surface area contributed by atoms with E-state index in [-0.39, 0.29) is 12.5 Å². The van der Waals surface area contributed by atoms with Crippen molar-refractivity contribution in [2.45, 2.75) is 63.5 Å². The number of hydrogen-bond donors (Lipinski definition) is 2. The fraction of sp³-hybridized carbons (Fsp3) is 0.650. The van der Waals surface area contributed by atoms with Crippen molar-refractivity contribution in [3.05, 3.63) is 35.4 Å². The van der Waals surface area contributed by atoms with Gasteiger partial charge < -0.3 is 10.4 Å². The average molecular weight is 330 g/mol. The Labute approximate surface area is 145 Å². The second kappa shape index (κ2) is 8.63. The van der Waals surface area contributed by atoms with E-state index >= 15 is 0 Å². The minimum atomic E-state index is 0.142. The molecule has 2 aliphatic carbocycles. The van der Waals surface area contributed by atoms with Gasteiger partial charge in [0.25, 0.3) is 0 Å². The number of nitrogens with zero attached hydrogens (tertiary/aromatic N) is 1. The molecular formula is C20H30N2O2. The summed E-state index contributed by atoms with van der Waals surface area (Å²) in [6.45, 7) is 1.39. The number of hydrogen-bond acceptors (Lipinski definition) is 3. The van der Waals surface area contributed by atoms with Gasteiger partial charge in [0, 0.05) is 25.2 Å². The van der Waals surface area contributed by atoms with Gasteiger partial charge in [0.2, 0.25) is 5.91 Å². The molecule has 1 fully saturated rings. The number of benzene rings is 1. The molecule has 0 spiro atoms. The summed E-state index contributed by atoms with van der Waals surface area (Å²) >= 11 is 0. The van der Waals surface area contributed by atoms with Crippen molar-refractivity contribution < 1.29 is 9.90 Å². The summed E-state index contributed by atoms with van der Waals surface area (Å²) in [6.07, 6.45) is 8.82. The lowest BCUT2D eigenvalue weighted by Gasteiger charge is -2.35. The fourth-order valence-corrected chi connectivity index (χ4v) is 4.25. The van der Waals surface area contributed by atoms with Crippen LogP contribution in [0.25, 0.3) is 0 Å². The zero-order chi connectivity index (χ0) is 16.8. The minimum Gasteiger partial charge on any atom is -0.396 e. The summed E-state index contributed by atoms with van der Waals surface area (Å²) in [7, 11) is 0. The van der Waals surface area contributed by atoms with Crippen LogP contribution in [0, 0.1) is 0 Å². The Morgan fingerprint density at radius 1 is 1.17 bits per heavy atom. The summed E-state index contributed by atoms with van der Waals surface area (Å²) < 4.78 is 0. The summed E-state index contributed by atoms with van der Waals surface area (Å²) in [4.78, 5) is 14.8. The highest BCUT2D eigenvalue weighted by Crippen LogP contribution is 2.34. The molecule has 0 bridgehead atoms. The van der Waals surface area contributed by atoms with Gasteiger partial charge in [0.15, 0.2) is 0 Å². The van der Waals surface area contributed by atoms with Crippen LogP contribution in [0.3, 0.4) is 0 Å². The third-order valence-electron chi connectivity index (χ3n) is 5.45. The molecule has 1 saturated carbocycles. The first kappa shape index (κ1) is 17.4. The van der Waals surface area contributed by atoms with Crippen LogP contribution in [0.4, 0.5) is 0 Å². The monoisotopic (exact) mass is 330 g/mol. The van der Waals surface area contributed by atoms with Crippen LogP contribution in [-0.4, -0.2) is 41.7 Å². The molecule has 1 aromatic rings. The maximum atomic E-state index is 12.5. The SMILES string of the molecule is O=C(CN(CCCO)C1CCCc2ccccc21)NC1CCCC1. The van der Waals surface area contributed by atoms with Gasteiger partial charge in [-0.15, -0.1) is 0 Å². The van der Waals surface area contributed by atoms with Gasteiger partial charge in [0.1, 0.15) is 0 Å². The normalized spacial score (nSPS) is 21.0. The van der Waals surface area contributed by atoms with Gasteiger partial charge in [-0.3, -0.25) is 9.69 Å². The van der Waals surface area contributed by atoms with Crippen LogP contribution in [0.15, 0.2) is 24.3 Å². The Hall–Kier alpha value is -1.39. The minimum absolute atomic E-state index is 0.142. The molecule has 2 N–H and O–H groups in total. The zero-order valence-corrected chi connectivity index (χ0v) is 14.5. The van der Waals surface area contributed by atoms with Crippen LogP contribution >= 0.6 is 0 Å². The zero-order valence-electron chi connectivity index (χ0n) is 14.5. The molecule has 0 radical (unpaired) electrons. The Bertz CT molecular complexity index is 540. The molecule has 0 heterocycles. The second-order valence-electron chi connectivity index (χ2n) is 7.20. The van der Waals surface area contributed by atoms with E-state index in [1.54, 1.807) is 0 Å². The lowest BCUT2D eigenvalue weighted by Crippen LogP contribution is -2.43. The highest BCUT2D eigenvalue weighted by molar-refractivity contribution is 5.78. The summed E-state index contributed by atoms with van der Waals surface area (Å²) in [6, 6.07) is 9.29. The third kappa shape index (κ3) is 4.37. The molecule has 24 heavy (non-hydrogen) atoms. The number of nitrogens with one attached hydrogen (secondary N) is 1. The molecule has 3 rings (SSSR count). The topological polar surface area (TPSA) is 52.6 Å². The largest absolute Gasteiger partial charge is 0.396 e. The lowest BCUT2D eigenvalue weighted by molar-refractivity contribution is -0.123. The smallest absolute Gasteiger partial charge is 0.234 e. The standard InChI is InChI=1S/C20H30N2O2/c23-14-6-13-22(15-20(24)21-17-9-2-3-10-17)19-12-5-8-16-7-1-4-11-18(16)19/h1,4,7,11,17,19,23H,2-3,5-6,8-10,12-15H2,(H,21,24). The van der Waals surface area contributed by atoms with E-state index in [0.717, 1.165) is 38.6 Å². The molecule has 132 valence electrons. The number of aryl methyl sites for hydroxylation is 1. The Morgan fingerprint density at radius 2 is 1.96 bits per heavy atom. The first-order valence-electron chi connectivity index (χ1n) is 9.50. The van der Waals surface area contributed by atoms with E-state index in [1.807, 2.05) is 0 Å². The third-order valence-corrected chi connectivity index (χ3v) is 5.45. The van der Waals surface area contributed by atoms with Crippen molar-refractivity contribution in [2.24, 2.45) is 0 Å². The number of amides is 1. The maximum Gasteiger partial charge on any atom is 0.234 e. The molecule has 2 aliphatic rings. The van der Waals surface area contributed by atoms with Crippen LogP contribution < -0.4 is 5.32 Å². The van der Waals surface area contributed by atoms with Crippen LogP contribution in [0.1, 0.15) is 62.1 Å². The van der Waals surface area contributed by atoms with Gasteiger partial charge in [-0.2, -0.15) is 0 Å². The van der Waals surface area contributed by atoms with Crippen LogP contribution in [0.5, 0.6) is 0 Å². The molecule has 0 saturated heterocycles. The summed E-state index contributed by atoms with van der Waals surface area (Å²) in [5.41, 5.74) is 2.79. The number of aliphatic hydroxyl groups excluding tert-OH is 1. The second-order valence-corrected chi connectivity index (χ2v) is 7.20. The van der Waals surface area contributed by atoms with E-state index < -0.39 is 0 Å². The van der Waals surface area contributed by atoms with Gasteiger partial charge in [-0.25, -0.2) is 0 Å². The Balaban J connectivity index is 1.68. The molecule has 4 nitrogen and oxygen atoms in total. The number of fused-ring (bicyclic) bond motifs is 1. The number of carbonyl (C=O) groups is 1. The molecular weight excluding hydrogens is 300 g/mol. The van der Waals surface area contributed by atoms with Gasteiger partial charge >= 0.3 is 0 Å². The molecule has 1 atom stereocenters. The van der Waals surface area contributed by atoms with Gasteiger partial charge in [-0.05, 0) is 49.7 Å². The quantitative estimate of drug-likeness (QED) is 0.808. The van der Waals surface area contributed by atoms with Gasteiger partial charge in [-0.1, -0.05) is 37.1 Å². The predicted molar refractivity (Wildman–Crippen MR) is 95.8 cm³/mol. The Morgan fingerprint density at radius 3 is 2.75 bits per heavy atom. The van der Waals surface area contributed by atoms with Crippen LogP contribution in [0.2, 0.25) is 0 Å². The predicted octanol–water partition coefficient (Wildman–Crippen LogP) is 2.81. The van der Waals surface area contributed by atoms with Crippen molar-refractivity contribution in [3.63, 3.8) is 0 Å². The Kier molecular flexibility index (Phi) is 6.27. The maximum absolute atomic E-state index is 12.5. The first-order valence-corrected chi connectivity index (χ1v) is 9.50. The highest BCUT2D eigenvalue weighted by Gasteiger charge is 2.27. The molecule has 0 aromatic heterocycles. The summed E-state index contributed by atoms with van der Waals surface area (Å²) in [5, 5.41) is 12.5.